The Bertz CT molecular complexity index is 616. The molecule has 0 radical (unpaired) electrons. The van der Waals surface area contributed by atoms with E-state index in [1.807, 2.05) is 30.3 Å². The molecular weight excluding hydrogens is 250 g/mol. The molecule has 0 bridgehead atoms. The van der Waals surface area contributed by atoms with E-state index in [9.17, 15) is 4.79 Å². The van der Waals surface area contributed by atoms with Crippen LogP contribution >= 0.6 is 0 Å². The van der Waals surface area contributed by atoms with Gasteiger partial charge in [-0.2, -0.15) is 5.10 Å². The van der Waals surface area contributed by atoms with Gasteiger partial charge in [0.15, 0.2) is 0 Å². The van der Waals surface area contributed by atoms with Crippen molar-refractivity contribution in [2.75, 3.05) is 5.32 Å². The zero-order valence-electron chi connectivity index (χ0n) is 11.2. The van der Waals surface area contributed by atoms with E-state index in [2.05, 4.69) is 27.7 Å². The Morgan fingerprint density at radius 1 is 1.35 bits per heavy atom. The molecule has 1 aromatic carbocycles. The van der Waals surface area contributed by atoms with Gasteiger partial charge in [0.25, 0.3) is 0 Å². The second kappa shape index (κ2) is 5.74. The summed E-state index contributed by atoms with van der Waals surface area (Å²) in [6.45, 7) is 0. The summed E-state index contributed by atoms with van der Waals surface area (Å²) in [7, 11) is 0. The summed E-state index contributed by atoms with van der Waals surface area (Å²) in [5, 5.41) is 9.92. The lowest BCUT2D eigenvalue weighted by Crippen LogP contribution is -2.14. The molecule has 2 N–H and O–H groups in total. The number of carbonyl (C=O) groups is 1. The number of anilines is 1. The third-order valence-electron chi connectivity index (χ3n) is 3.54. The van der Waals surface area contributed by atoms with Crippen LogP contribution in [0.2, 0.25) is 0 Å². The largest absolute Gasteiger partial charge is 0.323 e. The van der Waals surface area contributed by atoms with Gasteiger partial charge >= 0.3 is 0 Å². The summed E-state index contributed by atoms with van der Waals surface area (Å²) in [6.07, 6.45) is 8.63. The Morgan fingerprint density at radius 3 is 2.95 bits per heavy atom. The van der Waals surface area contributed by atoms with E-state index < -0.39 is 0 Å². The topological polar surface area (TPSA) is 57.8 Å². The number of rotatable bonds is 4. The molecule has 2 aromatic rings. The number of hydrogen-bond donors (Lipinski definition) is 2. The number of allylic oxidation sites excluding steroid dienone is 2. The van der Waals surface area contributed by atoms with Crippen molar-refractivity contribution in [3.63, 3.8) is 0 Å². The minimum Gasteiger partial charge on any atom is -0.323 e. The molecule has 0 fully saturated rings. The summed E-state index contributed by atoms with van der Waals surface area (Å²) < 4.78 is 0. The zero-order valence-corrected chi connectivity index (χ0v) is 11.2. The normalized spacial score (nSPS) is 17.3. The van der Waals surface area contributed by atoms with Crippen LogP contribution in [-0.4, -0.2) is 16.1 Å². The third kappa shape index (κ3) is 2.79. The minimum atomic E-state index is 0.0418. The molecule has 1 aliphatic carbocycles. The van der Waals surface area contributed by atoms with Crippen LogP contribution in [0.1, 0.15) is 19.3 Å². The van der Waals surface area contributed by atoms with Crippen LogP contribution in [0.5, 0.6) is 0 Å². The van der Waals surface area contributed by atoms with Gasteiger partial charge in [-0.25, -0.2) is 0 Å². The predicted molar refractivity (Wildman–Crippen MR) is 79.1 cm³/mol. The van der Waals surface area contributed by atoms with Gasteiger partial charge in [-0.3, -0.25) is 9.89 Å². The van der Waals surface area contributed by atoms with E-state index >= 15 is 0 Å². The maximum Gasteiger partial charge on any atom is 0.225 e. The SMILES string of the molecule is O=C(C[C@H]1C=CCC1)Nc1cn[nH]c1-c1ccccc1. The van der Waals surface area contributed by atoms with E-state index in [1.54, 1.807) is 6.20 Å². The fourth-order valence-corrected chi connectivity index (χ4v) is 2.51. The second-order valence-corrected chi connectivity index (χ2v) is 5.04. The first-order valence-electron chi connectivity index (χ1n) is 6.88. The van der Waals surface area contributed by atoms with Crippen molar-refractivity contribution < 1.29 is 4.79 Å². The monoisotopic (exact) mass is 267 g/mol. The molecule has 1 amide bonds. The zero-order chi connectivity index (χ0) is 13.8. The predicted octanol–water partition coefficient (Wildman–Crippen LogP) is 3.37. The molecule has 0 saturated carbocycles. The molecule has 0 spiro atoms. The van der Waals surface area contributed by atoms with Crippen LogP contribution in [0.25, 0.3) is 11.3 Å². The Hall–Kier alpha value is -2.36. The van der Waals surface area contributed by atoms with Crippen molar-refractivity contribution in [3.8, 4) is 11.3 Å². The van der Waals surface area contributed by atoms with Gasteiger partial charge in [-0.15, -0.1) is 0 Å². The number of amides is 1. The molecule has 1 aromatic heterocycles. The molecule has 0 aliphatic heterocycles. The Morgan fingerprint density at radius 2 is 2.20 bits per heavy atom. The third-order valence-corrected chi connectivity index (χ3v) is 3.54. The summed E-state index contributed by atoms with van der Waals surface area (Å²) in [5.74, 6) is 0.419. The van der Waals surface area contributed by atoms with Gasteiger partial charge in [-0.05, 0) is 18.8 Å². The van der Waals surface area contributed by atoms with Gasteiger partial charge in [0.2, 0.25) is 5.91 Å². The molecule has 4 heteroatoms. The van der Waals surface area contributed by atoms with Crippen molar-refractivity contribution in [1.29, 1.82) is 0 Å². The fraction of sp³-hybridized carbons (Fsp3) is 0.250. The van der Waals surface area contributed by atoms with E-state index in [4.69, 9.17) is 0 Å². The number of carbonyl (C=O) groups excluding carboxylic acids is 1. The molecule has 4 nitrogen and oxygen atoms in total. The summed E-state index contributed by atoms with van der Waals surface area (Å²) in [4.78, 5) is 12.1. The number of nitrogens with zero attached hydrogens (tertiary/aromatic N) is 1. The number of H-pyrrole nitrogens is 1. The smallest absolute Gasteiger partial charge is 0.225 e. The summed E-state index contributed by atoms with van der Waals surface area (Å²) in [5.41, 5.74) is 2.60. The standard InChI is InChI=1S/C16H17N3O/c20-15(10-12-6-4-5-7-12)18-14-11-17-19-16(14)13-8-2-1-3-9-13/h1-4,6,8-9,11-12H,5,7,10H2,(H,17,19)(H,18,20)/t12-/m0/s1. The van der Waals surface area contributed by atoms with Gasteiger partial charge in [-0.1, -0.05) is 42.5 Å². The quantitative estimate of drug-likeness (QED) is 0.834. The van der Waals surface area contributed by atoms with Crippen LogP contribution in [0.4, 0.5) is 5.69 Å². The van der Waals surface area contributed by atoms with E-state index in [0.29, 0.717) is 12.3 Å². The lowest BCUT2D eigenvalue weighted by Gasteiger charge is -2.09. The first-order valence-corrected chi connectivity index (χ1v) is 6.88. The number of hydrogen-bond acceptors (Lipinski definition) is 2. The molecule has 1 heterocycles. The highest BCUT2D eigenvalue weighted by Crippen LogP contribution is 2.26. The van der Waals surface area contributed by atoms with Gasteiger partial charge in [0.1, 0.15) is 0 Å². The number of nitrogens with one attached hydrogen (secondary N) is 2. The molecule has 0 saturated heterocycles. The molecule has 3 rings (SSSR count). The van der Waals surface area contributed by atoms with E-state index in [-0.39, 0.29) is 5.91 Å². The van der Waals surface area contributed by atoms with Crippen molar-refractivity contribution in [2.24, 2.45) is 5.92 Å². The van der Waals surface area contributed by atoms with Crippen molar-refractivity contribution in [3.05, 3.63) is 48.7 Å². The van der Waals surface area contributed by atoms with Crippen molar-refractivity contribution in [1.82, 2.24) is 10.2 Å². The van der Waals surface area contributed by atoms with Crippen molar-refractivity contribution >= 4 is 11.6 Å². The first-order chi connectivity index (χ1) is 9.83. The van der Waals surface area contributed by atoms with Crippen LogP contribution in [-0.2, 0) is 4.79 Å². The Kier molecular flexibility index (Phi) is 3.63. The van der Waals surface area contributed by atoms with Gasteiger partial charge < -0.3 is 5.32 Å². The van der Waals surface area contributed by atoms with E-state index in [1.165, 1.54) is 0 Å². The van der Waals surface area contributed by atoms with Crippen LogP contribution in [0, 0.1) is 5.92 Å². The highest BCUT2D eigenvalue weighted by atomic mass is 16.1. The maximum absolute atomic E-state index is 12.1. The number of benzene rings is 1. The summed E-state index contributed by atoms with van der Waals surface area (Å²) >= 11 is 0. The van der Waals surface area contributed by atoms with Crippen LogP contribution in [0.15, 0.2) is 48.7 Å². The lowest BCUT2D eigenvalue weighted by molar-refractivity contribution is -0.116. The minimum absolute atomic E-state index is 0.0418. The molecule has 102 valence electrons. The Balaban J connectivity index is 1.70. The molecule has 20 heavy (non-hydrogen) atoms. The van der Waals surface area contributed by atoms with Crippen LogP contribution in [0.3, 0.4) is 0 Å². The highest BCUT2D eigenvalue weighted by Gasteiger charge is 2.16. The van der Waals surface area contributed by atoms with Crippen LogP contribution < -0.4 is 5.32 Å². The highest BCUT2D eigenvalue weighted by molar-refractivity contribution is 5.94. The fourth-order valence-electron chi connectivity index (χ4n) is 2.51. The average Bonchev–Trinajstić information content (AvgIpc) is 3.11. The van der Waals surface area contributed by atoms with Gasteiger partial charge in [0, 0.05) is 12.0 Å². The first kappa shape index (κ1) is 12.7. The Labute approximate surface area is 117 Å². The maximum atomic E-state index is 12.1. The average molecular weight is 267 g/mol. The lowest BCUT2D eigenvalue weighted by atomic mass is 10.0. The molecule has 0 unspecified atom stereocenters. The summed E-state index contributed by atoms with van der Waals surface area (Å²) in [6, 6.07) is 9.87. The number of aromatic nitrogens is 2. The molecule has 1 atom stereocenters. The van der Waals surface area contributed by atoms with Gasteiger partial charge in [0.05, 0.1) is 17.6 Å². The molecular formula is C16H17N3O. The number of aromatic amines is 1. The van der Waals surface area contributed by atoms with E-state index in [0.717, 1.165) is 29.8 Å². The second-order valence-electron chi connectivity index (χ2n) is 5.04. The van der Waals surface area contributed by atoms with Crippen molar-refractivity contribution in [2.45, 2.75) is 19.3 Å². The molecule has 1 aliphatic rings.